The number of nitrogens with zero attached hydrogens (tertiary/aromatic N) is 1. The molecule has 0 spiro atoms. The largest absolute Gasteiger partial charge is 0.454 e. The van der Waals surface area contributed by atoms with Crippen molar-refractivity contribution in [2.75, 3.05) is 25.5 Å². The van der Waals surface area contributed by atoms with E-state index >= 15 is 0 Å². The Hall–Kier alpha value is -3.87. The standard InChI is InChI=1S/C25H19NO6/c1-12-7-20(32-25(12)27)23-21-14(5-6-17-24(21)31-11-28-17)15-4-3-13-8-18-19(30-10-29-18)9-16(13)22(15)26(23)2/h3-9,20,23H,10-11H2,1-2H3. The maximum atomic E-state index is 12.3. The Labute approximate surface area is 183 Å². The minimum Gasteiger partial charge on any atom is -0.454 e. The van der Waals surface area contributed by atoms with Gasteiger partial charge in [-0.3, -0.25) is 0 Å². The van der Waals surface area contributed by atoms with Crippen molar-refractivity contribution >= 4 is 22.4 Å². The van der Waals surface area contributed by atoms with E-state index in [2.05, 4.69) is 23.1 Å². The lowest BCUT2D eigenvalue weighted by Gasteiger charge is -2.40. The number of ether oxygens (including phenoxy) is 5. The van der Waals surface area contributed by atoms with Crippen molar-refractivity contribution in [3.05, 3.63) is 53.6 Å². The lowest BCUT2D eigenvalue weighted by Crippen LogP contribution is -2.37. The Morgan fingerprint density at radius 2 is 1.66 bits per heavy atom. The zero-order valence-corrected chi connectivity index (χ0v) is 17.5. The van der Waals surface area contributed by atoms with Gasteiger partial charge < -0.3 is 28.6 Å². The molecule has 3 aromatic carbocycles. The molecule has 4 aliphatic rings. The first-order valence-corrected chi connectivity index (χ1v) is 10.5. The van der Waals surface area contributed by atoms with E-state index in [1.165, 1.54) is 0 Å². The monoisotopic (exact) mass is 429 g/mol. The number of fused-ring (bicyclic) bond motifs is 8. The molecule has 0 saturated heterocycles. The van der Waals surface area contributed by atoms with Crippen LogP contribution in [0.2, 0.25) is 0 Å². The predicted molar refractivity (Wildman–Crippen MR) is 116 cm³/mol. The average molecular weight is 429 g/mol. The zero-order chi connectivity index (χ0) is 21.6. The lowest BCUT2D eigenvalue weighted by molar-refractivity contribution is -0.140. The van der Waals surface area contributed by atoms with E-state index in [0.29, 0.717) is 17.1 Å². The molecule has 2 atom stereocenters. The van der Waals surface area contributed by atoms with Crippen LogP contribution in [-0.4, -0.2) is 32.7 Å². The average Bonchev–Trinajstić information content (AvgIpc) is 3.52. The molecule has 0 N–H and O–H groups in total. The third-order valence-electron chi connectivity index (χ3n) is 6.71. The number of carbonyl (C=O) groups is 1. The number of carbonyl (C=O) groups excluding carboxylic acids is 1. The first-order valence-electron chi connectivity index (χ1n) is 10.5. The van der Waals surface area contributed by atoms with Crippen LogP contribution in [0.3, 0.4) is 0 Å². The highest BCUT2D eigenvalue weighted by atomic mass is 16.7. The number of esters is 1. The van der Waals surface area contributed by atoms with Gasteiger partial charge in [-0.2, -0.15) is 0 Å². The number of likely N-dealkylation sites (N-methyl/N-ethyl adjacent to an activating group) is 1. The molecule has 0 saturated carbocycles. The smallest absolute Gasteiger partial charge is 0.334 e. The lowest BCUT2D eigenvalue weighted by atomic mass is 9.83. The molecule has 4 aliphatic heterocycles. The summed E-state index contributed by atoms with van der Waals surface area (Å²) in [6, 6.07) is 12.0. The van der Waals surface area contributed by atoms with Crippen LogP contribution in [0.4, 0.5) is 5.69 Å². The van der Waals surface area contributed by atoms with Gasteiger partial charge in [0.1, 0.15) is 6.10 Å². The van der Waals surface area contributed by atoms with Crippen molar-refractivity contribution in [3.8, 4) is 34.1 Å². The van der Waals surface area contributed by atoms with Crippen molar-refractivity contribution in [3.63, 3.8) is 0 Å². The second-order valence-corrected chi connectivity index (χ2v) is 8.42. The fourth-order valence-electron chi connectivity index (χ4n) is 5.26. The van der Waals surface area contributed by atoms with E-state index in [-0.39, 0.29) is 25.6 Å². The minimum absolute atomic E-state index is 0.176. The van der Waals surface area contributed by atoms with Crippen LogP contribution in [0, 0.1) is 0 Å². The van der Waals surface area contributed by atoms with Crippen LogP contribution in [0.15, 0.2) is 48.0 Å². The van der Waals surface area contributed by atoms with Gasteiger partial charge in [-0.05, 0) is 48.2 Å². The van der Waals surface area contributed by atoms with Gasteiger partial charge in [0.25, 0.3) is 0 Å². The second kappa shape index (κ2) is 6.09. The molecule has 0 aliphatic carbocycles. The van der Waals surface area contributed by atoms with Crippen LogP contribution in [0.25, 0.3) is 21.9 Å². The summed E-state index contributed by atoms with van der Waals surface area (Å²) >= 11 is 0. The molecule has 0 bridgehead atoms. The summed E-state index contributed by atoms with van der Waals surface area (Å²) in [5, 5.41) is 2.10. The topological polar surface area (TPSA) is 66.5 Å². The van der Waals surface area contributed by atoms with Crippen molar-refractivity contribution in [2.24, 2.45) is 0 Å². The molecule has 160 valence electrons. The van der Waals surface area contributed by atoms with Crippen LogP contribution in [0.5, 0.6) is 23.0 Å². The molecule has 0 radical (unpaired) electrons. The summed E-state index contributed by atoms with van der Waals surface area (Å²) in [6.07, 6.45) is 1.45. The molecule has 32 heavy (non-hydrogen) atoms. The predicted octanol–water partition coefficient (Wildman–Crippen LogP) is 4.33. The third kappa shape index (κ3) is 2.22. The van der Waals surface area contributed by atoms with E-state index in [1.807, 2.05) is 31.3 Å². The molecular weight excluding hydrogens is 410 g/mol. The van der Waals surface area contributed by atoms with Gasteiger partial charge in [-0.1, -0.05) is 12.1 Å². The van der Waals surface area contributed by atoms with E-state index in [9.17, 15) is 4.79 Å². The van der Waals surface area contributed by atoms with Crippen LogP contribution < -0.4 is 23.8 Å². The Morgan fingerprint density at radius 1 is 0.906 bits per heavy atom. The fourth-order valence-corrected chi connectivity index (χ4v) is 5.26. The second-order valence-electron chi connectivity index (χ2n) is 8.42. The number of cyclic esters (lactones) is 1. The number of hydrogen-bond acceptors (Lipinski definition) is 7. The highest BCUT2D eigenvalue weighted by molar-refractivity contribution is 6.06. The number of anilines is 1. The van der Waals surface area contributed by atoms with Gasteiger partial charge in [-0.25, -0.2) is 4.79 Å². The van der Waals surface area contributed by atoms with Gasteiger partial charge in [0.2, 0.25) is 13.6 Å². The van der Waals surface area contributed by atoms with Crippen LogP contribution >= 0.6 is 0 Å². The third-order valence-corrected chi connectivity index (χ3v) is 6.71. The van der Waals surface area contributed by atoms with Gasteiger partial charge >= 0.3 is 5.97 Å². The Balaban J connectivity index is 1.53. The fraction of sp³-hybridized carbons (Fsp3) is 0.240. The Bertz CT molecular complexity index is 1380. The molecule has 4 heterocycles. The van der Waals surface area contributed by atoms with Gasteiger partial charge in [0, 0.05) is 29.1 Å². The summed E-state index contributed by atoms with van der Waals surface area (Å²) in [7, 11) is 2.03. The van der Waals surface area contributed by atoms with Crippen molar-refractivity contribution < 1.29 is 28.5 Å². The molecule has 2 unspecified atom stereocenters. The summed E-state index contributed by atoms with van der Waals surface area (Å²) in [5.74, 6) is 2.61. The zero-order valence-electron chi connectivity index (χ0n) is 17.5. The molecule has 7 heteroatoms. The normalized spacial score (nSPS) is 22.0. The minimum atomic E-state index is -0.445. The summed E-state index contributed by atoms with van der Waals surface area (Å²) in [4.78, 5) is 14.4. The summed E-state index contributed by atoms with van der Waals surface area (Å²) in [5.41, 5.74) is 4.75. The van der Waals surface area contributed by atoms with Gasteiger partial charge in [0.15, 0.2) is 23.0 Å². The quantitative estimate of drug-likeness (QED) is 0.534. The Morgan fingerprint density at radius 3 is 2.47 bits per heavy atom. The van der Waals surface area contributed by atoms with Gasteiger partial charge in [0.05, 0.1) is 11.7 Å². The van der Waals surface area contributed by atoms with Gasteiger partial charge in [-0.15, -0.1) is 0 Å². The molecule has 0 aromatic heterocycles. The first-order chi connectivity index (χ1) is 15.6. The maximum absolute atomic E-state index is 12.3. The van der Waals surface area contributed by atoms with E-state index < -0.39 is 6.10 Å². The Kier molecular flexibility index (Phi) is 3.39. The van der Waals surface area contributed by atoms with E-state index in [0.717, 1.165) is 44.6 Å². The van der Waals surface area contributed by atoms with Crippen molar-refractivity contribution in [1.29, 1.82) is 0 Å². The SMILES string of the molecule is CC1=CC(C2c3c(ccc4c3OCO4)-c3ccc4cc5c(cc4c3N2C)OCO5)OC1=O. The molecule has 7 nitrogen and oxygen atoms in total. The summed E-state index contributed by atoms with van der Waals surface area (Å²) in [6.45, 7) is 2.18. The number of hydrogen-bond donors (Lipinski definition) is 0. The molecule has 0 fully saturated rings. The highest BCUT2D eigenvalue weighted by Gasteiger charge is 2.42. The number of rotatable bonds is 1. The highest BCUT2D eigenvalue weighted by Crippen LogP contribution is 2.55. The molecular formula is C25H19NO6. The van der Waals surface area contributed by atoms with Crippen molar-refractivity contribution in [2.45, 2.75) is 19.1 Å². The van der Waals surface area contributed by atoms with Crippen molar-refractivity contribution in [1.82, 2.24) is 0 Å². The maximum Gasteiger partial charge on any atom is 0.334 e. The van der Waals surface area contributed by atoms with E-state index in [1.54, 1.807) is 6.92 Å². The molecule has 0 amide bonds. The first kappa shape index (κ1) is 17.8. The number of benzene rings is 3. The van der Waals surface area contributed by atoms with Crippen LogP contribution in [0.1, 0.15) is 18.5 Å². The molecule has 3 aromatic rings. The van der Waals surface area contributed by atoms with E-state index in [4.69, 9.17) is 23.7 Å². The molecule has 7 rings (SSSR count). The summed E-state index contributed by atoms with van der Waals surface area (Å²) < 4.78 is 28.6. The van der Waals surface area contributed by atoms with Crippen LogP contribution in [-0.2, 0) is 9.53 Å².